The van der Waals surface area contributed by atoms with Gasteiger partial charge in [-0.3, -0.25) is 0 Å². The third-order valence-corrected chi connectivity index (χ3v) is 3.53. The van der Waals surface area contributed by atoms with Crippen LogP contribution < -0.4 is 5.32 Å². The Morgan fingerprint density at radius 1 is 1.44 bits per heavy atom. The Hall–Kier alpha value is -0.0400. The number of fused-ring (bicyclic) bond motifs is 1. The monoisotopic (exact) mass is 125 g/mol. The average molecular weight is 125 g/mol. The van der Waals surface area contributed by atoms with E-state index in [2.05, 4.69) is 26.1 Å². The fourth-order valence-corrected chi connectivity index (χ4v) is 2.25. The summed E-state index contributed by atoms with van der Waals surface area (Å²) in [5.74, 6) is 1.84. The molecular formula is C8H15N. The molecule has 2 rings (SSSR count). The van der Waals surface area contributed by atoms with Crippen molar-refractivity contribution >= 4 is 0 Å². The number of hydrogen-bond donors (Lipinski definition) is 1. The molecule has 1 nitrogen and oxygen atoms in total. The van der Waals surface area contributed by atoms with Gasteiger partial charge < -0.3 is 5.32 Å². The molecule has 52 valence electrons. The minimum Gasteiger partial charge on any atom is -0.305 e. The smallest absolute Gasteiger partial charge is 0.0338 e. The Morgan fingerprint density at radius 3 is 2.33 bits per heavy atom. The Labute approximate surface area is 56.8 Å². The van der Waals surface area contributed by atoms with Crippen LogP contribution in [0.25, 0.3) is 0 Å². The van der Waals surface area contributed by atoms with Gasteiger partial charge in [0.1, 0.15) is 0 Å². The van der Waals surface area contributed by atoms with E-state index < -0.39 is 0 Å². The first-order chi connectivity index (χ1) is 4.14. The Balaban J connectivity index is 2.18. The highest BCUT2D eigenvalue weighted by atomic mass is 15.2. The summed E-state index contributed by atoms with van der Waals surface area (Å²) in [5, 5.41) is 3.52. The lowest BCUT2D eigenvalue weighted by molar-refractivity contribution is 0.356. The summed E-state index contributed by atoms with van der Waals surface area (Å²) in [6, 6.07) is 0.863. The van der Waals surface area contributed by atoms with E-state index in [1.165, 1.54) is 6.42 Å². The molecule has 1 saturated heterocycles. The second-order valence-corrected chi connectivity index (χ2v) is 3.98. The standard InChI is InChI=1S/C8H15N/c1-5-4-7-8(3,9-7)6(5)2/h5-7,9H,4H2,1-3H3. The molecule has 2 fully saturated rings. The molecule has 0 aromatic heterocycles. The number of piperidine rings is 1. The van der Waals surface area contributed by atoms with Crippen LogP contribution in [0.15, 0.2) is 0 Å². The topological polar surface area (TPSA) is 21.9 Å². The lowest BCUT2D eigenvalue weighted by atomic mass is 9.91. The summed E-state index contributed by atoms with van der Waals surface area (Å²) < 4.78 is 0. The third-order valence-electron chi connectivity index (χ3n) is 3.53. The van der Waals surface area contributed by atoms with E-state index >= 15 is 0 Å². The van der Waals surface area contributed by atoms with Gasteiger partial charge in [-0.05, 0) is 25.2 Å². The molecule has 0 spiro atoms. The summed E-state index contributed by atoms with van der Waals surface area (Å²) in [7, 11) is 0. The molecule has 1 heterocycles. The van der Waals surface area contributed by atoms with Crippen LogP contribution in [0.4, 0.5) is 0 Å². The van der Waals surface area contributed by atoms with Crippen LogP contribution in [-0.2, 0) is 0 Å². The largest absolute Gasteiger partial charge is 0.305 e. The van der Waals surface area contributed by atoms with E-state index in [-0.39, 0.29) is 0 Å². The van der Waals surface area contributed by atoms with Gasteiger partial charge in [0, 0.05) is 11.6 Å². The molecule has 1 aliphatic carbocycles. The van der Waals surface area contributed by atoms with Crippen molar-refractivity contribution in [1.82, 2.24) is 5.32 Å². The highest BCUT2D eigenvalue weighted by molar-refractivity contribution is 5.19. The molecular weight excluding hydrogens is 110 g/mol. The van der Waals surface area contributed by atoms with E-state index in [9.17, 15) is 0 Å². The van der Waals surface area contributed by atoms with Crippen LogP contribution in [0.5, 0.6) is 0 Å². The van der Waals surface area contributed by atoms with Crippen molar-refractivity contribution in [2.45, 2.75) is 38.8 Å². The van der Waals surface area contributed by atoms with Gasteiger partial charge in [0.25, 0.3) is 0 Å². The molecule has 1 N–H and O–H groups in total. The lowest BCUT2D eigenvalue weighted by Gasteiger charge is -2.17. The fraction of sp³-hybridized carbons (Fsp3) is 1.00. The van der Waals surface area contributed by atoms with Gasteiger partial charge in [-0.15, -0.1) is 0 Å². The van der Waals surface area contributed by atoms with Gasteiger partial charge in [-0.2, -0.15) is 0 Å². The highest BCUT2D eigenvalue weighted by Crippen LogP contribution is 2.49. The van der Waals surface area contributed by atoms with Crippen LogP contribution in [0.2, 0.25) is 0 Å². The van der Waals surface area contributed by atoms with Gasteiger partial charge in [0.05, 0.1) is 0 Å². The van der Waals surface area contributed by atoms with E-state index in [1.807, 2.05) is 0 Å². The zero-order valence-corrected chi connectivity index (χ0v) is 6.44. The molecule has 1 heteroatoms. The quantitative estimate of drug-likeness (QED) is 0.485. The maximum atomic E-state index is 3.52. The number of rotatable bonds is 0. The molecule has 1 aliphatic heterocycles. The predicted octanol–water partition coefficient (Wildman–Crippen LogP) is 1.39. The normalized spacial score (nSPS) is 63.7. The fourth-order valence-electron chi connectivity index (χ4n) is 2.25. The van der Waals surface area contributed by atoms with Gasteiger partial charge >= 0.3 is 0 Å². The van der Waals surface area contributed by atoms with Crippen LogP contribution in [0.3, 0.4) is 0 Å². The number of nitrogens with one attached hydrogen (secondary N) is 1. The first-order valence-corrected chi connectivity index (χ1v) is 3.92. The van der Waals surface area contributed by atoms with Crippen molar-refractivity contribution < 1.29 is 0 Å². The number of hydrogen-bond acceptors (Lipinski definition) is 1. The summed E-state index contributed by atoms with van der Waals surface area (Å²) in [5.41, 5.74) is 0.541. The summed E-state index contributed by atoms with van der Waals surface area (Å²) in [4.78, 5) is 0. The molecule has 4 atom stereocenters. The summed E-state index contributed by atoms with van der Waals surface area (Å²) >= 11 is 0. The Morgan fingerprint density at radius 2 is 2.11 bits per heavy atom. The highest BCUT2D eigenvalue weighted by Gasteiger charge is 2.59. The molecule has 0 radical (unpaired) electrons. The van der Waals surface area contributed by atoms with Crippen molar-refractivity contribution in [2.24, 2.45) is 11.8 Å². The molecule has 1 saturated carbocycles. The van der Waals surface area contributed by atoms with Crippen molar-refractivity contribution in [3.05, 3.63) is 0 Å². The van der Waals surface area contributed by atoms with Gasteiger partial charge in [-0.25, -0.2) is 0 Å². The second kappa shape index (κ2) is 1.34. The maximum absolute atomic E-state index is 3.52. The summed E-state index contributed by atoms with van der Waals surface area (Å²) in [6.07, 6.45) is 1.40. The summed E-state index contributed by atoms with van der Waals surface area (Å²) in [6.45, 7) is 7.08. The first kappa shape index (κ1) is 5.72. The predicted molar refractivity (Wildman–Crippen MR) is 38.3 cm³/mol. The molecule has 0 bridgehead atoms. The maximum Gasteiger partial charge on any atom is 0.0338 e. The molecule has 0 amide bonds. The third kappa shape index (κ3) is 0.536. The van der Waals surface area contributed by atoms with E-state index in [0.717, 1.165) is 17.9 Å². The zero-order chi connectivity index (χ0) is 6.65. The minimum atomic E-state index is 0.541. The molecule has 0 aromatic carbocycles. The van der Waals surface area contributed by atoms with E-state index in [1.54, 1.807) is 0 Å². The average Bonchev–Trinajstić information content (AvgIpc) is 2.36. The molecule has 2 aliphatic rings. The second-order valence-electron chi connectivity index (χ2n) is 3.98. The van der Waals surface area contributed by atoms with Crippen LogP contribution >= 0.6 is 0 Å². The van der Waals surface area contributed by atoms with E-state index in [4.69, 9.17) is 0 Å². The molecule has 0 aromatic rings. The van der Waals surface area contributed by atoms with Gasteiger partial charge in [0.15, 0.2) is 0 Å². The van der Waals surface area contributed by atoms with Crippen molar-refractivity contribution in [1.29, 1.82) is 0 Å². The van der Waals surface area contributed by atoms with Crippen LogP contribution in [-0.4, -0.2) is 11.6 Å². The Kier molecular flexibility index (Phi) is 0.852. The molecule has 9 heavy (non-hydrogen) atoms. The molecule has 4 unspecified atom stereocenters. The zero-order valence-electron chi connectivity index (χ0n) is 6.44. The SMILES string of the molecule is CC1CC2NC2(C)C1C. The van der Waals surface area contributed by atoms with E-state index in [0.29, 0.717) is 5.54 Å². The van der Waals surface area contributed by atoms with Gasteiger partial charge in [-0.1, -0.05) is 13.8 Å². The lowest BCUT2D eigenvalue weighted by Crippen LogP contribution is -2.22. The van der Waals surface area contributed by atoms with Crippen LogP contribution in [0, 0.1) is 11.8 Å². The van der Waals surface area contributed by atoms with Crippen molar-refractivity contribution in [3.63, 3.8) is 0 Å². The van der Waals surface area contributed by atoms with Crippen LogP contribution in [0.1, 0.15) is 27.2 Å². The van der Waals surface area contributed by atoms with Crippen molar-refractivity contribution in [2.75, 3.05) is 0 Å². The van der Waals surface area contributed by atoms with Crippen molar-refractivity contribution in [3.8, 4) is 0 Å². The van der Waals surface area contributed by atoms with Gasteiger partial charge in [0.2, 0.25) is 0 Å². The Bertz CT molecular complexity index is 144. The minimum absolute atomic E-state index is 0.541. The first-order valence-electron chi connectivity index (χ1n) is 3.92.